The first-order valence-electron chi connectivity index (χ1n) is 10.7. The molecule has 2 aromatic heterocycles. The SMILES string of the molecule is Cc1cccn2c(=O)c(/C=C3/SC(=S)N(C(C)C)C3=O)c(N3CC(C)CC(C)C3)nc12. The number of carbonyl (C=O) groups is 1. The van der Waals surface area contributed by atoms with Crippen LogP contribution in [0.25, 0.3) is 11.7 Å². The van der Waals surface area contributed by atoms with E-state index in [1.807, 2.05) is 32.9 Å². The van der Waals surface area contributed by atoms with Crippen molar-refractivity contribution in [2.45, 2.75) is 47.1 Å². The Balaban J connectivity index is 1.92. The van der Waals surface area contributed by atoms with Gasteiger partial charge < -0.3 is 4.90 Å². The topological polar surface area (TPSA) is 57.9 Å². The minimum atomic E-state index is -0.163. The molecule has 4 rings (SSSR count). The molecule has 2 atom stereocenters. The average molecular weight is 457 g/mol. The molecule has 1 amide bonds. The van der Waals surface area contributed by atoms with Crippen molar-refractivity contribution in [1.82, 2.24) is 14.3 Å². The van der Waals surface area contributed by atoms with Gasteiger partial charge in [0.05, 0.1) is 10.5 Å². The number of amides is 1. The minimum absolute atomic E-state index is 0.0276. The van der Waals surface area contributed by atoms with Gasteiger partial charge in [0.15, 0.2) is 0 Å². The summed E-state index contributed by atoms with van der Waals surface area (Å²) in [5, 5.41) is 0. The molecule has 2 fully saturated rings. The summed E-state index contributed by atoms with van der Waals surface area (Å²) in [5.74, 6) is 1.53. The van der Waals surface area contributed by atoms with Gasteiger partial charge in [0.1, 0.15) is 15.8 Å². The normalized spacial score (nSPS) is 23.6. The predicted octanol–water partition coefficient (Wildman–Crippen LogP) is 4.09. The highest BCUT2D eigenvalue weighted by molar-refractivity contribution is 8.26. The molecular formula is C23H28N4O2S2. The van der Waals surface area contributed by atoms with Crippen LogP contribution in [0.3, 0.4) is 0 Å². The van der Waals surface area contributed by atoms with Crippen molar-refractivity contribution in [3.8, 4) is 0 Å². The smallest absolute Gasteiger partial charge is 0.267 e. The molecule has 2 aromatic rings. The van der Waals surface area contributed by atoms with Crippen LogP contribution in [0.5, 0.6) is 0 Å². The van der Waals surface area contributed by atoms with E-state index in [1.165, 1.54) is 11.8 Å². The Morgan fingerprint density at radius 1 is 1.23 bits per heavy atom. The Bertz CT molecular complexity index is 1140. The van der Waals surface area contributed by atoms with Crippen LogP contribution in [-0.2, 0) is 4.79 Å². The first kappa shape index (κ1) is 22.0. The minimum Gasteiger partial charge on any atom is -0.355 e. The van der Waals surface area contributed by atoms with E-state index in [4.69, 9.17) is 17.2 Å². The van der Waals surface area contributed by atoms with Crippen LogP contribution in [0.1, 0.15) is 45.2 Å². The fourth-order valence-corrected chi connectivity index (χ4v) is 6.07. The van der Waals surface area contributed by atoms with Gasteiger partial charge in [-0.1, -0.05) is 43.9 Å². The van der Waals surface area contributed by atoms with E-state index in [0.29, 0.717) is 38.1 Å². The van der Waals surface area contributed by atoms with Gasteiger partial charge in [-0.05, 0) is 56.7 Å². The molecule has 0 aliphatic carbocycles. The third-order valence-corrected chi connectivity index (χ3v) is 7.18. The molecule has 164 valence electrons. The molecule has 2 aliphatic heterocycles. The number of nitrogens with zero attached hydrogens (tertiary/aromatic N) is 4. The van der Waals surface area contributed by atoms with E-state index >= 15 is 0 Å². The lowest BCUT2D eigenvalue weighted by Crippen LogP contribution is -2.40. The largest absolute Gasteiger partial charge is 0.355 e. The maximum Gasteiger partial charge on any atom is 0.267 e. The summed E-state index contributed by atoms with van der Waals surface area (Å²) in [4.78, 5) is 35.8. The van der Waals surface area contributed by atoms with Crippen molar-refractivity contribution >= 4 is 51.7 Å². The predicted molar refractivity (Wildman–Crippen MR) is 132 cm³/mol. The second kappa shape index (κ2) is 8.39. The highest BCUT2D eigenvalue weighted by atomic mass is 32.2. The van der Waals surface area contributed by atoms with Crippen LogP contribution < -0.4 is 10.5 Å². The standard InChI is InChI=1S/C23H28N4O2S2/c1-13(2)27-22(29)18(31-23(27)30)10-17-20(25-11-14(3)9-15(4)12-25)24-19-16(5)7-6-8-26(19)21(17)28/h6-8,10,13-15H,9,11-12H2,1-5H3/b18-10+. The summed E-state index contributed by atoms with van der Waals surface area (Å²) in [7, 11) is 0. The van der Waals surface area contributed by atoms with Crippen molar-refractivity contribution in [2.24, 2.45) is 11.8 Å². The maximum absolute atomic E-state index is 13.6. The number of fused-ring (bicyclic) bond motifs is 1. The zero-order chi connectivity index (χ0) is 22.4. The van der Waals surface area contributed by atoms with E-state index < -0.39 is 0 Å². The Morgan fingerprint density at radius 3 is 2.52 bits per heavy atom. The van der Waals surface area contributed by atoms with Gasteiger partial charge in [-0.2, -0.15) is 0 Å². The Labute approximate surface area is 192 Å². The number of thioether (sulfide) groups is 1. The van der Waals surface area contributed by atoms with Gasteiger partial charge in [-0.3, -0.25) is 18.9 Å². The fraction of sp³-hybridized carbons (Fsp3) is 0.478. The van der Waals surface area contributed by atoms with Gasteiger partial charge in [0.25, 0.3) is 11.5 Å². The lowest BCUT2D eigenvalue weighted by atomic mass is 9.91. The van der Waals surface area contributed by atoms with E-state index in [0.717, 1.165) is 25.1 Å². The van der Waals surface area contributed by atoms with Crippen molar-refractivity contribution < 1.29 is 4.79 Å². The number of aryl methyl sites for hydroxylation is 1. The van der Waals surface area contributed by atoms with Crippen LogP contribution in [0.4, 0.5) is 5.82 Å². The molecule has 31 heavy (non-hydrogen) atoms. The summed E-state index contributed by atoms with van der Waals surface area (Å²) in [6.45, 7) is 12.0. The van der Waals surface area contributed by atoms with E-state index in [-0.39, 0.29) is 17.5 Å². The number of pyridine rings is 1. The lowest BCUT2D eigenvalue weighted by molar-refractivity contribution is -0.123. The molecule has 8 heteroatoms. The molecule has 0 N–H and O–H groups in total. The van der Waals surface area contributed by atoms with Crippen LogP contribution >= 0.6 is 24.0 Å². The molecule has 0 saturated carbocycles. The van der Waals surface area contributed by atoms with Crippen molar-refractivity contribution in [2.75, 3.05) is 18.0 Å². The van der Waals surface area contributed by atoms with Gasteiger partial charge in [0, 0.05) is 25.3 Å². The van der Waals surface area contributed by atoms with Crippen LogP contribution in [-0.4, -0.2) is 43.6 Å². The van der Waals surface area contributed by atoms with E-state index in [2.05, 4.69) is 18.7 Å². The van der Waals surface area contributed by atoms with Crippen molar-refractivity contribution in [1.29, 1.82) is 0 Å². The molecule has 2 unspecified atom stereocenters. The van der Waals surface area contributed by atoms with Crippen molar-refractivity contribution in [3.05, 3.63) is 44.7 Å². The average Bonchev–Trinajstić information content (AvgIpc) is 2.97. The molecule has 0 aromatic carbocycles. The van der Waals surface area contributed by atoms with Gasteiger partial charge in [-0.25, -0.2) is 4.98 Å². The molecule has 4 heterocycles. The number of hydrogen-bond donors (Lipinski definition) is 0. The summed E-state index contributed by atoms with van der Waals surface area (Å²) in [5.41, 5.74) is 1.88. The third kappa shape index (κ3) is 4.03. The summed E-state index contributed by atoms with van der Waals surface area (Å²) >= 11 is 6.67. The molecule has 2 saturated heterocycles. The number of rotatable bonds is 3. The molecule has 0 spiro atoms. The second-order valence-electron chi connectivity index (χ2n) is 9.04. The third-order valence-electron chi connectivity index (χ3n) is 5.85. The number of aromatic nitrogens is 2. The lowest BCUT2D eigenvalue weighted by Gasteiger charge is -2.36. The molecule has 0 bridgehead atoms. The highest BCUT2D eigenvalue weighted by Gasteiger charge is 2.35. The van der Waals surface area contributed by atoms with Crippen LogP contribution in [0, 0.1) is 18.8 Å². The number of carbonyl (C=O) groups excluding carboxylic acids is 1. The van der Waals surface area contributed by atoms with Gasteiger partial charge in [-0.15, -0.1) is 0 Å². The number of anilines is 1. The van der Waals surface area contributed by atoms with Gasteiger partial charge >= 0.3 is 0 Å². The highest BCUT2D eigenvalue weighted by Crippen LogP contribution is 2.35. The van der Waals surface area contributed by atoms with Crippen molar-refractivity contribution in [3.63, 3.8) is 0 Å². The van der Waals surface area contributed by atoms with E-state index in [9.17, 15) is 9.59 Å². The monoisotopic (exact) mass is 456 g/mol. The number of piperidine rings is 1. The zero-order valence-electron chi connectivity index (χ0n) is 18.6. The number of hydrogen-bond acceptors (Lipinski definition) is 6. The first-order valence-corrected chi connectivity index (χ1v) is 11.9. The summed E-state index contributed by atoms with van der Waals surface area (Å²) < 4.78 is 2.10. The maximum atomic E-state index is 13.6. The Morgan fingerprint density at radius 2 is 1.90 bits per heavy atom. The fourth-order valence-electron chi connectivity index (χ4n) is 4.56. The first-order chi connectivity index (χ1) is 14.7. The van der Waals surface area contributed by atoms with Gasteiger partial charge in [0.2, 0.25) is 0 Å². The van der Waals surface area contributed by atoms with Crippen LogP contribution in [0.15, 0.2) is 28.0 Å². The Hall–Kier alpha value is -2.19. The molecular weight excluding hydrogens is 428 g/mol. The second-order valence-corrected chi connectivity index (χ2v) is 10.7. The quantitative estimate of drug-likeness (QED) is 0.512. The number of thiocarbonyl (C=S) groups is 1. The van der Waals surface area contributed by atoms with E-state index in [1.54, 1.807) is 21.6 Å². The molecule has 2 aliphatic rings. The Kier molecular flexibility index (Phi) is 5.96. The molecule has 6 nitrogen and oxygen atoms in total. The summed E-state index contributed by atoms with van der Waals surface area (Å²) in [6.07, 6.45) is 4.59. The zero-order valence-corrected chi connectivity index (χ0v) is 20.2. The summed E-state index contributed by atoms with van der Waals surface area (Å²) in [6, 6.07) is 3.78. The van der Waals surface area contributed by atoms with Crippen LogP contribution in [0.2, 0.25) is 0 Å². The molecule has 0 radical (unpaired) electrons.